The molecule has 1 aliphatic heterocycles. The molecular formula is C17H26N2O2. The summed E-state index contributed by atoms with van der Waals surface area (Å²) < 4.78 is 0. The Morgan fingerprint density at radius 2 is 2.19 bits per heavy atom. The number of nitrogens with zero attached hydrogens (tertiary/aromatic N) is 1. The van der Waals surface area contributed by atoms with E-state index in [0.29, 0.717) is 19.4 Å². The Morgan fingerprint density at radius 1 is 1.33 bits per heavy atom. The van der Waals surface area contributed by atoms with E-state index < -0.39 is 0 Å². The van der Waals surface area contributed by atoms with Crippen molar-refractivity contribution in [3.05, 3.63) is 22.9 Å². The maximum absolute atomic E-state index is 11.8. The number of aliphatic hydroxyl groups is 1. The summed E-state index contributed by atoms with van der Waals surface area (Å²) in [5.41, 5.74) is 2.82. The van der Waals surface area contributed by atoms with Crippen molar-refractivity contribution in [2.75, 3.05) is 13.2 Å². The number of carbonyl (C=O) groups is 1. The Bertz CT molecular complexity index is 463. The van der Waals surface area contributed by atoms with Gasteiger partial charge in [-0.05, 0) is 18.4 Å². The molecule has 0 saturated heterocycles. The molecule has 0 unspecified atom stereocenters. The number of unbranched alkanes of at least 4 members (excludes halogenated alkanes) is 3. The minimum atomic E-state index is 0.135. The molecule has 1 atom stereocenters. The first-order chi connectivity index (χ1) is 10.3. The van der Waals surface area contributed by atoms with Crippen molar-refractivity contribution >= 4 is 12.0 Å². The van der Waals surface area contributed by atoms with Crippen molar-refractivity contribution in [3.63, 3.8) is 0 Å². The highest BCUT2D eigenvalue weighted by Crippen LogP contribution is 2.30. The monoisotopic (exact) mass is 290 g/mol. The van der Waals surface area contributed by atoms with Crippen molar-refractivity contribution in [3.8, 4) is 0 Å². The number of nitrogens with one attached hydrogen (secondary N) is 1. The minimum absolute atomic E-state index is 0.135. The number of Topliss-reactive ketones (excluding diaryl/α,β-unsaturated/α-hetero) is 1. The molecule has 0 amide bonds. The molecule has 1 aliphatic carbocycles. The van der Waals surface area contributed by atoms with Gasteiger partial charge in [-0.25, -0.2) is 0 Å². The minimum Gasteiger partial charge on any atom is -0.395 e. The zero-order valence-corrected chi connectivity index (χ0v) is 12.9. The van der Waals surface area contributed by atoms with E-state index in [9.17, 15) is 9.90 Å². The Kier molecular flexibility index (Phi) is 6.33. The SMILES string of the molecule is CCCCCC[C@@H](CO)NCC1=CCC2=C1N=CCC2=O. The number of hydrogen-bond acceptors (Lipinski definition) is 4. The molecule has 0 aromatic heterocycles. The van der Waals surface area contributed by atoms with E-state index in [1.54, 1.807) is 6.21 Å². The van der Waals surface area contributed by atoms with E-state index in [1.807, 2.05) is 0 Å². The molecule has 116 valence electrons. The van der Waals surface area contributed by atoms with Crippen LogP contribution >= 0.6 is 0 Å². The van der Waals surface area contributed by atoms with Gasteiger partial charge in [0.25, 0.3) is 0 Å². The second-order valence-corrected chi connectivity index (χ2v) is 5.81. The van der Waals surface area contributed by atoms with Crippen LogP contribution in [0, 0.1) is 0 Å². The van der Waals surface area contributed by atoms with Gasteiger partial charge in [-0.3, -0.25) is 9.79 Å². The molecule has 0 bridgehead atoms. The van der Waals surface area contributed by atoms with Gasteiger partial charge in [0.15, 0.2) is 5.78 Å². The Hall–Kier alpha value is -1.26. The Balaban J connectivity index is 1.79. The lowest BCUT2D eigenvalue weighted by molar-refractivity contribution is -0.114. The van der Waals surface area contributed by atoms with E-state index in [4.69, 9.17) is 0 Å². The van der Waals surface area contributed by atoms with Crippen molar-refractivity contribution in [1.82, 2.24) is 5.32 Å². The van der Waals surface area contributed by atoms with Crippen LogP contribution in [0.5, 0.6) is 0 Å². The lowest BCUT2D eigenvalue weighted by Gasteiger charge is -2.17. The van der Waals surface area contributed by atoms with Gasteiger partial charge in [0.05, 0.1) is 12.3 Å². The summed E-state index contributed by atoms with van der Waals surface area (Å²) in [6.07, 6.45) is 10.8. The molecule has 2 rings (SSSR count). The van der Waals surface area contributed by atoms with Crippen LogP contribution in [0.15, 0.2) is 27.9 Å². The van der Waals surface area contributed by atoms with Crippen LogP contribution in [-0.2, 0) is 4.79 Å². The van der Waals surface area contributed by atoms with Gasteiger partial charge in [0, 0.05) is 30.8 Å². The number of aliphatic imine (C=N–C) groups is 1. The number of rotatable bonds is 9. The summed E-state index contributed by atoms with van der Waals surface area (Å²) in [6.45, 7) is 3.04. The normalized spacial score (nSPS) is 19.0. The van der Waals surface area contributed by atoms with E-state index >= 15 is 0 Å². The molecule has 1 heterocycles. The van der Waals surface area contributed by atoms with Gasteiger partial charge in [-0.2, -0.15) is 0 Å². The highest BCUT2D eigenvalue weighted by atomic mass is 16.3. The molecule has 4 heteroatoms. The third-order valence-electron chi connectivity index (χ3n) is 4.18. The molecule has 2 N–H and O–H groups in total. The fraction of sp³-hybridized carbons (Fsp3) is 0.647. The lowest BCUT2D eigenvalue weighted by Crippen LogP contribution is -2.34. The average Bonchev–Trinajstić information content (AvgIpc) is 2.91. The standard InChI is InChI=1S/C17H26N2O2/c1-2-3-4-5-6-14(12-20)19-11-13-7-8-15-16(21)9-10-18-17(13)15/h7,10,14,19-20H,2-6,8-9,11-12H2,1H3/t14-/m0/s1. The van der Waals surface area contributed by atoms with Crippen LogP contribution in [-0.4, -0.2) is 36.3 Å². The number of aliphatic hydroxyl groups excluding tert-OH is 1. The molecule has 0 fully saturated rings. The fourth-order valence-corrected chi connectivity index (χ4v) is 2.85. The molecule has 2 aliphatic rings. The first-order valence-corrected chi connectivity index (χ1v) is 8.08. The summed E-state index contributed by atoms with van der Waals surface area (Å²) in [5, 5.41) is 12.9. The van der Waals surface area contributed by atoms with Gasteiger partial charge in [-0.1, -0.05) is 38.7 Å². The molecule has 4 nitrogen and oxygen atoms in total. The zero-order chi connectivity index (χ0) is 15.1. The molecular weight excluding hydrogens is 264 g/mol. The summed E-state index contributed by atoms with van der Waals surface area (Å²) >= 11 is 0. The van der Waals surface area contributed by atoms with Gasteiger partial charge in [0.1, 0.15) is 0 Å². The molecule has 0 aromatic carbocycles. The van der Waals surface area contributed by atoms with Gasteiger partial charge < -0.3 is 10.4 Å². The third kappa shape index (κ3) is 4.35. The highest BCUT2D eigenvalue weighted by molar-refractivity contribution is 6.07. The van der Waals surface area contributed by atoms with E-state index in [2.05, 4.69) is 23.3 Å². The quantitative estimate of drug-likeness (QED) is 0.641. The van der Waals surface area contributed by atoms with Crippen LogP contribution in [0.25, 0.3) is 0 Å². The maximum atomic E-state index is 11.8. The first-order valence-electron chi connectivity index (χ1n) is 8.08. The number of hydrogen-bond donors (Lipinski definition) is 2. The predicted molar refractivity (Wildman–Crippen MR) is 85.5 cm³/mol. The van der Waals surface area contributed by atoms with Crippen LogP contribution in [0.3, 0.4) is 0 Å². The molecule has 0 aromatic rings. The van der Waals surface area contributed by atoms with Crippen molar-refractivity contribution in [1.29, 1.82) is 0 Å². The Labute approximate surface area is 127 Å². The molecule has 0 saturated carbocycles. The van der Waals surface area contributed by atoms with E-state index in [0.717, 1.165) is 29.7 Å². The van der Waals surface area contributed by atoms with E-state index in [1.165, 1.54) is 19.3 Å². The largest absolute Gasteiger partial charge is 0.395 e. The van der Waals surface area contributed by atoms with Crippen molar-refractivity contribution in [2.45, 2.75) is 57.9 Å². The second-order valence-electron chi connectivity index (χ2n) is 5.81. The fourth-order valence-electron chi connectivity index (χ4n) is 2.85. The number of carbonyl (C=O) groups excluding carboxylic acids is 1. The smallest absolute Gasteiger partial charge is 0.166 e. The molecule has 0 spiro atoms. The van der Waals surface area contributed by atoms with Gasteiger partial charge in [0.2, 0.25) is 0 Å². The predicted octanol–water partition coefficient (Wildman–Crippen LogP) is 2.54. The van der Waals surface area contributed by atoms with Crippen molar-refractivity contribution in [2.24, 2.45) is 4.99 Å². The molecule has 21 heavy (non-hydrogen) atoms. The first kappa shape index (κ1) is 16.1. The van der Waals surface area contributed by atoms with Crippen LogP contribution in [0.2, 0.25) is 0 Å². The maximum Gasteiger partial charge on any atom is 0.166 e. The zero-order valence-electron chi connectivity index (χ0n) is 12.9. The summed E-state index contributed by atoms with van der Waals surface area (Å²) in [7, 11) is 0. The van der Waals surface area contributed by atoms with Crippen LogP contribution in [0.4, 0.5) is 0 Å². The van der Waals surface area contributed by atoms with Crippen LogP contribution < -0.4 is 5.32 Å². The average molecular weight is 290 g/mol. The lowest BCUT2D eigenvalue weighted by atomic mass is 10.0. The van der Waals surface area contributed by atoms with Crippen LogP contribution in [0.1, 0.15) is 51.9 Å². The van der Waals surface area contributed by atoms with Gasteiger partial charge in [-0.15, -0.1) is 0 Å². The summed E-state index contributed by atoms with van der Waals surface area (Å²) in [6, 6.07) is 0.135. The third-order valence-corrected chi connectivity index (χ3v) is 4.18. The van der Waals surface area contributed by atoms with Gasteiger partial charge >= 0.3 is 0 Å². The van der Waals surface area contributed by atoms with Crippen molar-refractivity contribution < 1.29 is 9.90 Å². The second kappa shape index (κ2) is 8.25. The molecule has 0 radical (unpaired) electrons. The Morgan fingerprint density at radius 3 is 2.95 bits per heavy atom. The number of ketones is 1. The summed E-state index contributed by atoms with van der Waals surface area (Å²) in [5.74, 6) is 0.199. The highest BCUT2D eigenvalue weighted by Gasteiger charge is 2.24. The van der Waals surface area contributed by atoms with E-state index in [-0.39, 0.29) is 18.4 Å². The topological polar surface area (TPSA) is 61.7 Å². The number of allylic oxidation sites excluding steroid dienone is 2. The summed E-state index contributed by atoms with van der Waals surface area (Å²) in [4.78, 5) is 16.2.